The third-order valence-electron chi connectivity index (χ3n) is 2.73. The Kier molecular flexibility index (Phi) is 4.24. The summed E-state index contributed by atoms with van der Waals surface area (Å²) in [6.07, 6.45) is 0.874. The zero-order chi connectivity index (χ0) is 11.4. The summed E-state index contributed by atoms with van der Waals surface area (Å²) in [5.41, 5.74) is 3.76. The molecule has 1 atom stereocenters. The molecular weight excluding hydrogens is 204 g/mol. The van der Waals surface area contributed by atoms with Gasteiger partial charge in [-0.05, 0) is 49.4 Å². The monoisotopic (exact) mass is 220 g/mol. The van der Waals surface area contributed by atoms with Crippen LogP contribution in [0.3, 0.4) is 0 Å². The molecule has 0 aliphatic rings. The van der Waals surface area contributed by atoms with E-state index < -0.39 is 0 Å². The first kappa shape index (κ1) is 12.1. The molecule has 1 aromatic rings. The van der Waals surface area contributed by atoms with E-state index in [4.69, 9.17) is 11.6 Å². The van der Waals surface area contributed by atoms with E-state index in [1.807, 2.05) is 13.0 Å². The lowest BCUT2D eigenvalue weighted by atomic mass is 9.94. The van der Waals surface area contributed by atoms with Crippen LogP contribution in [0.2, 0.25) is 5.02 Å². The average molecular weight is 221 g/mol. The molecule has 0 radical (unpaired) electrons. The number of hydrogen-bond donors (Lipinski definition) is 0. The first-order chi connectivity index (χ1) is 7.06. The van der Waals surface area contributed by atoms with E-state index in [2.05, 4.69) is 38.7 Å². The van der Waals surface area contributed by atoms with Crippen molar-refractivity contribution in [2.45, 2.75) is 40.0 Å². The number of hydrogen-bond acceptors (Lipinski definition) is 0. The van der Waals surface area contributed by atoms with E-state index in [9.17, 15) is 0 Å². The Hall–Kier alpha value is -0.930. The summed E-state index contributed by atoms with van der Waals surface area (Å²) in [5, 5.41) is 0.864. The topological polar surface area (TPSA) is 0 Å². The highest BCUT2D eigenvalue weighted by atomic mass is 35.5. The molecule has 1 aromatic carbocycles. The SMILES string of the molecule is CC#CCC(C)c1cc(C)c(C)cc1Cl. The molecule has 0 N–H and O–H groups in total. The van der Waals surface area contributed by atoms with Gasteiger partial charge in [0.1, 0.15) is 0 Å². The molecule has 0 spiro atoms. The van der Waals surface area contributed by atoms with Crippen molar-refractivity contribution in [3.05, 3.63) is 33.8 Å². The summed E-state index contributed by atoms with van der Waals surface area (Å²) in [6, 6.07) is 4.22. The molecule has 0 aliphatic heterocycles. The van der Waals surface area contributed by atoms with Crippen LogP contribution in [0.5, 0.6) is 0 Å². The smallest absolute Gasteiger partial charge is 0.0443 e. The highest BCUT2D eigenvalue weighted by Gasteiger charge is 2.10. The Bertz CT molecular complexity index is 407. The van der Waals surface area contributed by atoms with Crippen molar-refractivity contribution in [1.29, 1.82) is 0 Å². The zero-order valence-electron chi connectivity index (χ0n) is 9.82. The van der Waals surface area contributed by atoms with Gasteiger partial charge < -0.3 is 0 Å². The van der Waals surface area contributed by atoms with Crippen LogP contribution < -0.4 is 0 Å². The molecule has 1 heteroatoms. The van der Waals surface area contributed by atoms with Crippen LogP contribution in [-0.4, -0.2) is 0 Å². The van der Waals surface area contributed by atoms with Crippen molar-refractivity contribution in [1.82, 2.24) is 0 Å². The van der Waals surface area contributed by atoms with Gasteiger partial charge in [0.2, 0.25) is 0 Å². The van der Waals surface area contributed by atoms with Crippen LogP contribution >= 0.6 is 11.6 Å². The van der Waals surface area contributed by atoms with Crippen LogP contribution in [0.25, 0.3) is 0 Å². The molecule has 0 fully saturated rings. The van der Waals surface area contributed by atoms with Crippen molar-refractivity contribution in [2.75, 3.05) is 0 Å². The fourth-order valence-electron chi connectivity index (χ4n) is 1.55. The third-order valence-corrected chi connectivity index (χ3v) is 3.06. The van der Waals surface area contributed by atoms with Crippen molar-refractivity contribution < 1.29 is 0 Å². The third kappa shape index (κ3) is 3.01. The molecule has 15 heavy (non-hydrogen) atoms. The van der Waals surface area contributed by atoms with E-state index in [1.54, 1.807) is 0 Å². The van der Waals surface area contributed by atoms with Crippen LogP contribution in [-0.2, 0) is 0 Å². The molecule has 0 amide bonds. The molecule has 0 aliphatic carbocycles. The molecular formula is C14H17Cl. The summed E-state index contributed by atoms with van der Waals surface area (Å²) >= 11 is 6.23. The van der Waals surface area contributed by atoms with Gasteiger partial charge in [-0.25, -0.2) is 0 Å². The number of halogens is 1. The largest absolute Gasteiger partial charge is 0.107 e. The first-order valence-electron chi connectivity index (χ1n) is 5.22. The molecule has 1 rings (SSSR count). The molecule has 0 heterocycles. The van der Waals surface area contributed by atoms with Gasteiger partial charge in [-0.1, -0.05) is 24.6 Å². The number of aryl methyl sites for hydroxylation is 2. The quantitative estimate of drug-likeness (QED) is 0.645. The lowest BCUT2D eigenvalue weighted by Crippen LogP contribution is -1.95. The molecule has 0 aromatic heterocycles. The molecule has 0 saturated heterocycles. The second-order valence-electron chi connectivity index (χ2n) is 3.99. The van der Waals surface area contributed by atoms with Crippen molar-refractivity contribution in [3.8, 4) is 11.8 Å². The second kappa shape index (κ2) is 5.24. The van der Waals surface area contributed by atoms with Gasteiger partial charge in [0.25, 0.3) is 0 Å². The lowest BCUT2D eigenvalue weighted by molar-refractivity contribution is 0.794. The molecule has 0 nitrogen and oxygen atoms in total. The summed E-state index contributed by atoms with van der Waals surface area (Å²) in [6.45, 7) is 8.24. The zero-order valence-corrected chi connectivity index (χ0v) is 10.6. The summed E-state index contributed by atoms with van der Waals surface area (Å²) in [5.74, 6) is 6.43. The normalized spacial score (nSPS) is 11.8. The predicted molar refractivity (Wildman–Crippen MR) is 67.4 cm³/mol. The van der Waals surface area contributed by atoms with Gasteiger partial charge in [0, 0.05) is 11.4 Å². The highest BCUT2D eigenvalue weighted by molar-refractivity contribution is 6.31. The summed E-state index contributed by atoms with van der Waals surface area (Å²) < 4.78 is 0. The average Bonchev–Trinajstić information content (AvgIpc) is 2.20. The van der Waals surface area contributed by atoms with Gasteiger partial charge in [-0.3, -0.25) is 0 Å². The standard InChI is InChI=1S/C14H17Cl/c1-5-6-7-10(2)13-8-11(3)12(4)9-14(13)15/h8-10H,7H2,1-4H3. The Balaban J connectivity index is 3.01. The van der Waals surface area contributed by atoms with Crippen LogP contribution in [0, 0.1) is 25.7 Å². The molecule has 0 bridgehead atoms. The predicted octanol–water partition coefficient (Wildman–Crippen LogP) is 4.47. The molecule has 80 valence electrons. The van der Waals surface area contributed by atoms with E-state index >= 15 is 0 Å². The van der Waals surface area contributed by atoms with Gasteiger partial charge in [-0.15, -0.1) is 11.8 Å². The fourth-order valence-corrected chi connectivity index (χ4v) is 1.95. The number of benzene rings is 1. The maximum Gasteiger partial charge on any atom is 0.0443 e. The summed E-state index contributed by atoms with van der Waals surface area (Å²) in [7, 11) is 0. The minimum atomic E-state index is 0.407. The van der Waals surface area contributed by atoms with E-state index in [0.29, 0.717) is 5.92 Å². The Morgan fingerprint density at radius 3 is 2.47 bits per heavy atom. The van der Waals surface area contributed by atoms with E-state index in [0.717, 1.165) is 11.4 Å². The fraction of sp³-hybridized carbons (Fsp3) is 0.429. The van der Waals surface area contributed by atoms with E-state index in [1.165, 1.54) is 16.7 Å². The van der Waals surface area contributed by atoms with Crippen molar-refractivity contribution in [2.24, 2.45) is 0 Å². The Morgan fingerprint density at radius 2 is 1.87 bits per heavy atom. The number of rotatable bonds is 2. The van der Waals surface area contributed by atoms with Crippen LogP contribution in [0.15, 0.2) is 12.1 Å². The van der Waals surface area contributed by atoms with Crippen LogP contribution in [0.1, 0.15) is 42.9 Å². The Labute approximate surface area is 97.7 Å². The summed E-state index contributed by atoms with van der Waals surface area (Å²) in [4.78, 5) is 0. The highest BCUT2D eigenvalue weighted by Crippen LogP contribution is 2.29. The van der Waals surface area contributed by atoms with Gasteiger partial charge in [0.05, 0.1) is 0 Å². The Morgan fingerprint density at radius 1 is 1.27 bits per heavy atom. The van der Waals surface area contributed by atoms with Gasteiger partial charge >= 0.3 is 0 Å². The maximum absolute atomic E-state index is 6.23. The van der Waals surface area contributed by atoms with Crippen LogP contribution in [0.4, 0.5) is 0 Å². The molecule has 1 unspecified atom stereocenters. The van der Waals surface area contributed by atoms with E-state index in [-0.39, 0.29) is 0 Å². The lowest BCUT2D eigenvalue weighted by Gasteiger charge is -2.13. The van der Waals surface area contributed by atoms with Crippen molar-refractivity contribution >= 4 is 11.6 Å². The van der Waals surface area contributed by atoms with Gasteiger partial charge in [-0.2, -0.15) is 0 Å². The first-order valence-corrected chi connectivity index (χ1v) is 5.60. The van der Waals surface area contributed by atoms with Gasteiger partial charge in [0.15, 0.2) is 0 Å². The minimum absolute atomic E-state index is 0.407. The molecule has 0 saturated carbocycles. The maximum atomic E-state index is 6.23. The minimum Gasteiger partial charge on any atom is -0.107 e. The second-order valence-corrected chi connectivity index (χ2v) is 4.40. The van der Waals surface area contributed by atoms with Crippen molar-refractivity contribution in [3.63, 3.8) is 0 Å².